The number of hydrogen-bond donors (Lipinski definition) is 2. The molecular formula is C6H8ClN3O2S. The molecule has 5 nitrogen and oxygen atoms in total. The zero-order chi connectivity index (χ0) is 9.84. The summed E-state index contributed by atoms with van der Waals surface area (Å²) in [6.45, 7) is 0.206. The van der Waals surface area contributed by atoms with Gasteiger partial charge >= 0.3 is 5.97 Å². The molecule has 0 saturated carbocycles. The largest absolute Gasteiger partial charge is 0.481 e. The lowest BCUT2D eigenvalue weighted by Gasteiger charge is -2.07. The van der Waals surface area contributed by atoms with Gasteiger partial charge in [0.1, 0.15) is 4.34 Å². The number of aromatic nitrogens is 2. The Kier molecular flexibility index (Phi) is 3.58. The quantitative estimate of drug-likeness (QED) is 0.782. The van der Waals surface area contributed by atoms with Crippen LogP contribution in [0.15, 0.2) is 0 Å². The molecule has 7 heteroatoms. The number of hydrogen-bond acceptors (Lipinski definition) is 5. The summed E-state index contributed by atoms with van der Waals surface area (Å²) >= 11 is 6.77. The lowest BCUT2D eigenvalue weighted by atomic mass is 10.0. The van der Waals surface area contributed by atoms with E-state index in [1.54, 1.807) is 0 Å². The summed E-state index contributed by atoms with van der Waals surface area (Å²) in [7, 11) is 0. The molecule has 0 radical (unpaired) electrons. The van der Waals surface area contributed by atoms with E-state index >= 15 is 0 Å². The fraction of sp³-hybridized carbons (Fsp3) is 0.500. The third kappa shape index (κ3) is 2.61. The van der Waals surface area contributed by atoms with E-state index in [-0.39, 0.29) is 18.9 Å². The van der Waals surface area contributed by atoms with Crippen LogP contribution in [0.25, 0.3) is 0 Å². The highest BCUT2D eigenvalue weighted by atomic mass is 35.5. The maximum atomic E-state index is 10.4. The molecule has 1 unspecified atom stereocenters. The summed E-state index contributed by atoms with van der Waals surface area (Å²) in [5.41, 5.74) is 5.88. The molecule has 0 fully saturated rings. The zero-order valence-electron chi connectivity index (χ0n) is 6.61. The molecule has 0 saturated heterocycles. The Balaban J connectivity index is 2.78. The Morgan fingerprint density at radius 3 is 2.85 bits per heavy atom. The first-order valence-corrected chi connectivity index (χ1v) is 4.70. The molecule has 1 heterocycles. The second kappa shape index (κ2) is 4.50. The van der Waals surface area contributed by atoms with Gasteiger partial charge in [0.05, 0.1) is 12.1 Å². The number of carboxylic acid groups (broad SMARTS) is 1. The van der Waals surface area contributed by atoms with Gasteiger partial charge in [-0.05, 0) is 0 Å². The van der Waals surface area contributed by atoms with E-state index in [2.05, 4.69) is 9.59 Å². The average Bonchev–Trinajstić information content (AvgIpc) is 2.47. The monoisotopic (exact) mass is 221 g/mol. The molecule has 0 spiro atoms. The van der Waals surface area contributed by atoms with E-state index in [0.717, 1.165) is 11.5 Å². The first-order valence-electron chi connectivity index (χ1n) is 3.54. The van der Waals surface area contributed by atoms with Crippen LogP contribution in [0.4, 0.5) is 0 Å². The van der Waals surface area contributed by atoms with Crippen molar-refractivity contribution >= 4 is 29.1 Å². The molecule has 0 aromatic carbocycles. The Bertz CT molecular complexity index is 304. The number of nitrogens with two attached hydrogens (primary N) is 1. The molecule has 1 aromatic heterocycles. The highest BCUT2D eigenvalue weighted by Gasteiger charge is 2.19. The van der Waals surface area contributed by atoms with Crippen LogP contribution in [0.2, 0.25) is 4.34 Å². The van der Waals surface area contributed by atoms with Gasteiger partial charge in [0.2, 0.25) is 0 Å². The van der Waals surface area contributed by atoms with Crippen LogP contribution in [0.5, 0.6) is 0 Å². The molecule has 3 N–H and O–H groups in total. The van der Waals surface area contributed by atoms with Crippen molar-refractivity contribution < 1.29 is 9.90 Å². The summed E-state index contributed by atoms with van der Waals surface area (Å²) in [6, 6.07) is 0. The number of rotatable bonds is 4. The van der Waals surface area contributed by atoms with Crippen LogP contribution in [0.3, 0.4) is 0 Å². The van der Waals surface area contributed by atoms with Crippen molar-refractivity contribution in [2.45, 2.75) is 12.3 Å². The predicted octanol–water partition coefficient (Wildman–Crippen LogP) is 0.708. The van der Waals surface area contributed by atoms with E-state index in [9.17, 15) is 4.79 Å². The summed E-state index contributed by atoms with van der Waals surface area (Å²) in [5.74, 6) is -1.26. The fourth-order valence-electron chi connectivity index (χ4n) is 0.931. The van der Waals surface area contributed by atoms with Gasteiger partial charge in [-0.25, -0.2) is 0 Å². The molecule has 0 bridgehead atoms. The van der Waals surface area contributed by atoms with Crippen molar-refractivity contribution in [3.8, 4) is 0 Å². The van der Waals surface area contributed by atoms with Gasteiger partial charge in [0, 0.05) is 24.0 Å². The normalized spacial score (nSPS) is 12.8. The summed E-state index contributed by atoms with van der Waals surface area (Å²) < 4.78 is 4.02. The van der Waals surface area contributed by atoms with Gasteiger partial charge < -0.3 is 10.8 Å². The minimum Gasteiger partial charge on any atom is -0.481 e. The number of halogens is 1. The first kappa shape index (κ1) is 10.4. The van der Waals surface area contributed by atoms with Crippen LogP contribution in [0, 0.1) is 0 Å². The van der Waals surface area contributed by atoms with Gasteiger partial charge in [-0.15, -0.1) is 5.10 Å². The van der Waals surface area contributed by atoms with Crippen molar-refractivity contribution in [3.05, 3.63) is 10.0 Å². The van der Waals surface area contributed by atoms with E-state index in [4.69, 9.17) is 22.4 Å². The van der Waals surface area contributed by atoms with Crippen molar-refractivity contribution in [1.82, 2.24) is 9.59 Å². The number of nitrogens with zero attached hydrogens (tertiary/aromatic N) is 2. The maximum absolute atomic E-state index is 10.4. The molecule has 1 atom stereocenters. The van der Waals surface area contributed by atoms with E-state index in [1.165, 1.54) is 0 Å². The van der Waals surface area contributed by atoms with Gasteiger partial charge in [-0.1, -0.05) is 16.1 Å². The molecule has 0 aliphatic heterocycles. The second-order valence-corrected chi connectivity index (χ2v) is 3.82. The smallest absolute Gasteiger partial charge is 0.304 e. The SMILES string of the molecule is NCC(CC(=O)O)c1nnsc1Cl. The van der Waals surface area contributed by atoms with Gasteiger partial charge in [-0.2, -0.15) is 0 Å². The molecule has 72 valence electrons. The topological polar surface area (TPSA) is 89.1 Å². The Morgan fingerprint density at radius 1 is 1.77 bits per heavy atom. The Morgan fingerprint density at radius 2 is 2.46 bits per heavy atom. The van der Waals surface area contributed by atoms with E-state index < -0.39 is 5.97 Å². The molecule has 0 amide bonds. The summed E-state index contributed by atoms with van der Waals surface area (Å²) in [4.78, 5) is 10.4. The number of carboxylic acids is 1. The van der Waals surface area contributed by atoms with Crippen molar-refractivity contribution in [3.63, 3.8) is 0 Å². The molecule has 1 aromatic rings. The second-order valence-electron chi connectivity index (χ2n) is 2.46. The third-order valence-electron chi connectivity index (χ3n) is 1.56. The minimum atomic E-state index is -0.917. The molecule has 13 heavy (non-hydrogen) atoms. The number of aliphatic carboxylic acids is 1. The Labute approximate surface area is 83.7 Å². The standard InChI is InChI=1S/C6H8ClN3O2S/c7-6-5(9-10-13-6)3(2-8)1-4(11)12/h3H,1-2,8H2,(H,11,12). The van der Waals surface area contributed by atoms with Crippen molar-refractivity contribution in [2.75, 3.05) is 6.54 Å². The minimum absolute atomic E-state index is 0.0678. The fourth-order valence-corrected chi connectivity index (χ4v) is 1.72. The van der Waals surface area contributed by atoms with Crippen LogP contribution >= 0.6 is 23.1 Å². The Hall–Kier alpha value is -0.720. The zero-order valence-corrected chi connectivity index (χ0v) is 8.18. The highest BCUT2D eigenvalue weighted by Crippen LogP contribution is 2.26. The van der Waals surface area contributed by atoms with Crippen LogP contribution in [0.1, 0.15) is 18.0 Å². The van der Waals surface area contributed by atoms with Crippen LogP contribution in [-0.2, 0) is 4.79 Å². The summed E-state index contributed by atoms with van der Waals surface area (Å²) in [5, 5.41) is 12.3. The maximum Gasteiger partial charge on any atom is 0.304 e. The van der Waals surface area contributed by atoms with Crippen LogP contribution < -0.4 is 5.73 Å². The van der Waals surface area contributed by atoms with Crippen molar-refractivity contribution in [1.29, 1.82) is 0 Å². The third-order valence-corrected chi connectivity index (χ3v) is 2.50. The highest BCUT2D eigenvalue weighted by molar-refractivity contribution is 7.10. The molecule has 1 rings (SSSR count). The molecule has 0 aliphatic rings. The van der Waals surface area contributed by atoms with Crippen LogP contribution in [-0.4, -0.2) is 27.2 Å². The lowest BCUT2D eigenvalue weighted by molar-refractivity contribution is -0.137. The predicted molar refractivity (Wildman–Crippen MR) is 49.0 cm³/mol. The van der Waals surface area contributed by atoms with Gasteiger partial charge in [-0.3, -0.25) is 4.79 Å². The average molecular weight is 222 g/mol. The van der Waals surface area contributed by atoms with Gasteiger partial charge in [0.25, 0.3) is 0 Å². The van der Waals surface area contributed by atoms with Gasteiger partial charge in [0.15, 0.2) is 0 Å². The molecule has 0 aliphatic carbocycles. The first-order chi connectivity index (χ1) is 6.15. The lowest BCUT2D eigenvalue weighted by Crippen LogP contribution is -2.17. The van der Waals surface area contributed by atoms with Crippen molar-refractivity contribution in [2.24, 2.45) is 5.73 Å². The molecular weight excluding hydrogens is 214 g/mol. The summed E-state index contributed by atoms with van der Waals surface area (Å²) in [6.07, 6.45) is -0.0678. The van der Waals surface area contributed by atoms with E-state index in [1.807, 2.05) is 0 Å². The number of carbonyl (C=O) groups is 1. The van der Waals surface area contributed by atoms with E-state index in [0.29, 0.717) is 10.0 Å².